The van der Waals surface area contributed by atoms with Crippen molar-refractivity contribution in [1.82, 2.24) is 5.32 Å². The summed E-state index contributed by atoms with van der Waals surface area (Å²) in [6.45, 7) is 3.64. The predicted octanol–water partition coefficient (Wildman–Crippen LogP) is 3.08. The number of hydrogen-bond acceptors (Lipinski definition) is 2. The van der Waals surface area contributed by atoms with Gasteiger partial charge < -0.3 is 11.1 Å². The Kier molecular flexibility index (Phi) is 7.94. The third-order valence-electron chi connectivity index (χ3n) is 3.48. The molecule has 6 heteroatoms. The first-order valence-electron chi connectivity index (χ1n) is 7.62. The van der Waals surface area contributed by atoms with E-state index >= 15 is 0 Å². The fourth-order valence-corrected chi connectivity index (χ4v) is 2.16. The average molecular weight is 324 g/mol. The van der Waals surface area contributed by atoms with E-state index in [1.807, 2.05) is 6.08 Å². The van der Waals surface area contributed by atoms with E-state index in [0.717, 1.165) is 50.3 Å². The van der Waals surface area contributed by atoms with Crippen molar-refractivity contribution in [3.05, 3.63) is 48.1 Å². The van der Waals surface area contributed by atoms with E-state index in [2.05, 4.69) is 11.9 Å². The number of nitrogens with one attached hydrogen (secondary N) is 1. The first-order chi connectivity index (χ1) is 11.0. The maximum atomic E-state index is 13.1. The molecule has 0 aliphatic heterocycles. The van der Waals surface area contributed by atoms with Crippen LogP contribution in [0.1, 0.15) is 48.9 Å². The third-order valence-corrected chi connectivity index (χ3v) is 3.48. The average Bonchev–Trinajstić information content (AvgIpc) is 2.51. The summed E-state index contributed by atoms with van der Waals surface area (Å²) in [5.74, 6) is -3.45. The van der Waals surface area contributed by atoms with E-state index in [9.17, 15) is 18.4 Å². The predicted molar refractivity (Wildman–Crippen MR) is 84.7 cm³/mol. The number of allylic oxidation sites excluding steroid dienone is 1. The molecule has 0 unspecified atom stereocenters. The van der Waals surface area contributed by atoms with E-state index in [0.29, 0.717) is 6.42 Å². The molecule has 0 saturated carbocycles. The zero-order valence-electron chi connectivity index (χ0n) is 13.0. The van der Waals surface area contributed by atoms with Crippen LogP contribution in [-0.4, -0.2) is 17.9 Å². The van der Waals surface area contributed by atoms with Crippen molar-refractivity contribution in [1.29, 1.82) is 0 Å². The van der Waals surface area contributed by atoms with Crippen LogP contribution >= 0.6 is 0 Å². The van der Waals surface area contributed by atoms with Crippen LogP contribution in [0.5, 0.6) is 0 Å². The highest BCUT2D eigenvalue weighted by molar-refractivity contribution is 5.97. The van der Waals surface area contributed by atoms with Crippen LogP contribution in [0.3, 0.4) is 0 Å². The van der Waals surface area contributed by atoms with Crippen molar-refractivity contribution in [2.45, 2.75) is 44.6 Å². The van der Waals surface area contributed by atoms with Crippen molar-refractivity contribution in [2.24, 2.45) is 5.73 Å². The summed E-state index contributed by atoms with van der Waals surface area (Å²) in [5.41, 5.74) is 5.22. The summed E-state index contributed by atoms with van der Waals surface area (Å²) >= 11 is 0. The number of unbranched alkanes of at least 4 members (excludes halogenated alkanes) is 4. The van der Waals surface area contributed by atoms with E-state index in [4.69, 9.17) is 5.73 Å². The molecule has 2 amide bonds. The number of nitrogens with two attached hydrogens (primary N) is 1. The minimum absolute atomic E-state index is 0.0545. The number of primary amides is 1. The normalized spacial score (nSPS) is 11.7. The summed E-state index contributed by atoms with van der Waals surface area (Å²) < 4.78 is 26.0. The second-order valence-corrected chi connectivity index (χ2v) is 5.34. The molecule has 23 heavy (non-hydrogen) atoms. The summed E-state index contributed by atoms with van der Waals surface area (Å²) in [7, 11) is 0. The lowest BCUT2D eigenvalue weighted by Crippen LogP contribution is -2.44. The molecule has 0 aliphatic carbocycles. The zero-order chi connectivity index (χ0) is 17.2. The number of amides is 2. The third kappa shape index (κ3) is 6.59. The minimum atomic E-state index is -1.12. The summed E-state index contributed by atoms with van der Waals surface area (Å²) in [6, 6.07) is 1.98. The van der Waals surface area contributed by atoms with Gasteiger partial charge in [-0.3, -0.25) is 9.59 Å². The van der Waals surface area contributed by atoms with E-state index in [1.54, 1.807) is 0 Å². The topological polar surface area (TPSA) is 72.2 Å². The standard InChI is InChI=1S/C17H22F2N2O2/c1-2-3-4-5-6-7-8-15(16(20)22)21-17(23)12-9-10-13(18)14(19)11-12/h2,9-11,15H,1,3-8H2,(H2,20,22)(H,21,23)/t15-/m0/s1. The molecule has 1 aromatic carbocycles. The summed E-state index contributed by atoms with van der Waals surface area (Å²) in [4.78, 5) is 23.4. The molecule has 1 aromatic rings. The lowest BCUT2D eigenvalue weighted by molar-refractivity contribution is -0.120. The number of halogens is 2. The van der Waals surface area contributed by atoms with Gasteiger partial charge in [0.05, 0.1) is 0 Å². The first-order valence-corrected chi connectivity index (χ1v) is 7.62. The highest BCUT2D eigenvalue weighted by atomic mass is 19.2. The van der Waals surface area contributed by atoms with Gasteiger partial charge in [0, 0.05) is 5.56 Å². The van der Waals surface area contributed by atoms with Crippen LogP contribution in [0.4, 0.5) is 8.78 Å². The molecule has 3 N–H and O–H groups in total. The van der Waals surface area contributed by atoms with Gasteiger partial charge in [0.15, 0.2) is 11.6 Å². The first kappa shape index (κ1) is 18.8. The molecule has 0 aliphatic rings. The molecule has 4 nitrogen and oxygen atoms in total. The molecule has 0 aromatic heterocycles. The van der Waals surface area contributed by atoms with Gasteiger partial charge in [-0.2, -0.15) is 0 Å². The highest BCUT2D eigenvalue weighted by Crippen LogP contribution is 2.11. The van der Waals surface area contributed by atoms with Crippen LogP contribution in [0.2, 0.25) is 0 Å². The van der Waals surface area contributed by atoms with Crippen LogP contribution in [0.15, 0.2) is 30.9 Å². The lowest BCUT2D eigenvalue weighted by Gasteiger charge is -2.15. The van der Waals surface area contributed by atoms with Crippen molar-refractivity contribution in [2.75, 3.05) is 0 Å². The van der Waals surface area contributed by atoms with Crippen LogP contribution in [0.25, 0.3) is 0 Å². The number of carbonyl (C=O) groups excluding carboxylic acids is 2. The number of hydrogen-bond donors (Lipinski definition) is 2. The van der Waals surface area contributed by atoms with Gasteiger partial charge in [0.2, 0.25) is 5.91 Å². The van der Waals surface area contributed by atoms with Gasteiger partial charge >= 0.3 is 0 Å². The Balaban J connectivity index is 2.51. The van der Waals surface area contributed by atoms with Crippen molar-refractivity contribution >= 4 is 11.8 Å². The number of rotatable bonds is 10. The van der Waals surface area contributed by atoms with Gasteiger partial charge in [0.1, 0.15) is 6.04 Å². The van der Waals surface area contributed by atoms with Crippen LogP contribution in [-0.2, 0) is 4.79 Å². The molecule has 0 saturated heterocycles. The quantitative estimate of drug-likeness (QED) is 0.513. The molecule has 0 radical (unpaired) electrons. The van der Waals surface area contributed by atoms with Gasteiger partial charge in [-0.25, -0.2) is 8.78 Å². The fraction of sp³-hybridized carbons (Fsp3) is 0.412. The Morgan fingerprint density at radius 2 is 1.87 bits per heavy atom. The van der Waals surface area contributed by atoms with Crippen LogP contribution < -0.4 is 11.1 Å². The molecule has 126 valence electrons. The summed E-state index contributed by atoms with van der Waals surface area (Å²) in [5, 5.41) is 2.46. The number of benzene rings is 1. The highest BCUT2D eigenvalue weighted by Gasteiger charge is 2.19. The molecular formula is C17H22F2N2O2. The summed E-state index contributed by atoms with van der Waals surface area (Å²) in [6.07, 6.45) is 6.92. The van der Waals surface area contributed by atoms with Gasteiger partial charge in [-0.15, -0.1) is 6.58 Å². The fourth-order valence-electron chi connectivity index (χ4n) is 2.16. The Labute approximate surface area is 134 Å². The van der Waals surface area contributed by atoms with Gasteiger partial charge in [-0.05, 0) is 37.5 Å². The maximum absolute atomic E-state index is 13.1. The monoisotopic (exact) mass is 324 g/mol. The molecule has 1 rings (SSSR count). The van der Waals surface area contributed by atoms with Gasteiger partial charge in [-0.1, -0.05) is 25.3 Å². The number of carbonyl (C=O) groups is 2. The Morgan fingerprint density at radius 1 is 1.17 bits per heavy atom. The molecular weight excluding hydrogens is 302 g/mol. The Morgan fingerprint density at radius 3 is 2.48 bits per heavy atom. The largest absolute Gasteiger partial charge is 0.368 e. The van der Waals surface area contributed by atoms with Crippen molar-refractivity contribution in [3.63, 3.8) is 0 Å². The Bertz CT molecular complexity index is 562. The zero-order valence-corrected chi connectivity index (χ0v) is 13.0. The Hall–Kier alpha value is -2.24. The second-order valence-electron chi connectivity index (χ2n) is 5.34. The lowest BCUT2D eigenvalue weighted by atomic mass is 10.1. The maximum Gasteiger partial charge on any atom is 0.252 e. The van der Waals surface area contributed by atoms with E-state index in [1.165, 1.54) is 0 Å². The van der Waals surface area contributed by atoms with Crippen molar-refractivity contribution in [3.8, 4) is 0 Å². The second kappa shape index (κ2) is 9.71. The van der Waals surface area contributed by atoms with E-state index < -0.39 is 29.5 Å². The molecule has 0 heterocycles. The molecule has 0 spiro atoms. The molecule has 0 bridgehead atoms. The smallest absolute Gasteiger partial charge is 0.252 e. The molecule has 1 atom stereocenters. The van der Waals surface area contributed by atoms with Gasteiger partial charge in [0.25, 0.3) is 5.91 Å². The van der Waals surface area contributed by atoms with E-state index in [-0.39, 0.29) is 5.56 Å². The SMILES string of the molecule is C=CCCCCCC[C@H](NC(=O)c1ccc(F)c(F)c1)C(N)=O. The van der Waals surface area contributed by atoms with Crippen molar-refractivity contribution < 1.29 is 18.4 Å². The molecule has 0 fully saturated rings. The van der Waals surface area contributed by atoms with Crippen LogP contribution in [0, 0.1) is 11.6 Å². The minimum Gasteiger partial charge on any atom is -0.368 e.